The lowest BCUT2D eigenvalue weighted by Crippen LogP contribution is -2.36. The third-order valence-corrected chi connectivity index (χ3v) is 3.03. The number of rotatable bonds is 4. The predicted octanol–water partition coefficient (Wildman–Crippen LogP) is 2.28. The molecule has 5 heteroatoms. The van der Waals surface area contributed by atoms with Crippen molar-refractivity contribution in [3.05, 3.63) is 34.8 Å². The van der Waals surface area contributed by atoms with Gasteiger partial charge in [0, 0.05) is 23.3 Å². The van der Waals surface area contributed by atoms with Gasteiger partial charge in [0.2, 0.25) is 0 Å². The highest BCUT2D eigenvalue weighted by molar-refractivity contribution is 7.07. The van der Waals surface area contributed by atoms with Gasteiger partial charge in [-0.1, -0.05) is 0 Å². The van der Waals surface area contributed by atoms with Crippen molar-refractivity contribution in [2.45, 2.75) is 39.4 Å². The molecule has 0 atom stereocenters. The Labute approximate surface area is 106 Å². The van der Waals surface area contributed by atoms with Gasteiger partial charge in [-0.2, -0.15) is 0 Å². The second-order valence-electron chi connectivity index (χ2n) is 5.05. The van der Waals surface area contributed by atoms with E-state index in [0.717, 1.165) is 24.6 Å². The molecule has 2 aromatic heterocycles. The van der Waals surface area contributed by atoms with Gasteiger partial charge in [-0.25, -0.2) is 9.97 Å². The summed E-state index contributed by atoms with van der Waals surface area (Å²) in [4.78, 5) is 8.67. The van der Waals surface area contributed by atoms with Crippen LogP contribution in [0.15, 0.2) is 23.3 Å². The summed E-state index contributed by atoms with van der Waals surface area (Å²) in [5, 5.41) is 5.51. The maximum Gasteiger partial charge on any atom is 0.123 e. The Balaban J connectivity index is 2.02. The zero-order chi connectivity index (χ0) is 12.3. The third kappa shape index (κ3) is 3.64. The minimum Gasteiger partial charge on any atom is -0.328 e. The summed E-state index contributed by atoms with van der Waals surface area (Å²) < 4.78 is 2.13. The van der Waals surface area contributed by atoms with Crippen LogP contribution >= 0.6 is 11.3 Å². The fourth-order valence-corrected chi connectivity index (χ4v) is 2.04. The van der Waals surface area contributed by atoms with Crippen LogP contribution in [-0.2, 0) is 13.1 Å². The third-order valence-electron chi connectivity index (χ3n) is 2.39. The number of imidazole rings is 1. The number of aromatic nitrogens is 3. The lowest BCUT2D eigenvalue weighted by molar-refractivity contribution is 0.413. The quantitative estimate of drug-likeness (QED) is 0.905. The molecular weight excluding hydrogens is 232 g/mol. The van der Waals surface area contributed by atoms with Crippen LogP contribution in [0.2, 0.25) is 0 Å². The number of thiazole rings is 1. The van der Waals surface area contributed by atoms with Crippen molar-refractivity contribution in [2.75, 3.05) is 0 Å². The van der Waals surface area contributed by atoms with Crippen LogP contribution in [0.3, 0.4) is 0 Å². The Kier molecular flexibility index (Phi) is 3.59. The molecule has 1 N–H and O–H groups in total. The van der Waals surface area contributed by atoms with Gasteiger partial charge in [0.1, 0.15) is 5.82 Å². The Morgan fingerprint density at radius 3 is 2.82 bits per heavy atom. The highest BCUT2D eigenvalue weighted by atomic mass is 32.1. The fraction of sp³-hybridized carbons (Fsp3) is 0.500. The van der Waals surface area contributed by atoms with Crippen molar-refractivity contribution in [1.29, 1.82) is 0 Å². The summed E-state index contributed by atoms with van der Waals surface area (Å²) in [6.07, 6.45) is 3.84. The van der Waals surface area contributed by atoms with Gasteiger partial charge < -0.3 is 9.88 Å². The minimum absolute atomic E-state index is 0.109. The lowest BCUT2D eigenvalue weighted by atomic mass is 10.1. The van der Waals surface area contributed by atoms with Crippen molar-refractivity contribution in [1.82, 2.24) is 19.9 Å². The Bertz CT molecular complexity index is 453. The van der Waals surface area contributed by atoms with E-state index in [-0.39, 0.29) is 5.54 Å². The molecule has 0 aromatic carbocycles. The highest BCUT2D eigenvalue weighted by Gasteiger charge is 2.11. The first-order valence-electron chi connectivity index (χ1n) is 5.67. The zero-order valence-electron chi connectivity index (χ0n) is 10.5. The van der Waals surface area contributed by atoms with Gasteiger partial charge in [-0.15, -0.1) is 11.3 Å². The van der Waals surface area contributed by atoms with E-state index in [0.29, 0.717) is 0 Å². The smallest absolute Gasteiger partial charge is 0.123 e. The second-order valence-corrected chi connectivity index (χ2v) is 5.77. The molecule has 0 amide bonds. The minimum atomic E-state index is 0.109. The molecule has 2 heterocycles. The summed E-state index contributed by atoms with van der Waals surface area (Å²) >= 11 is 1.62. The van der Waals surface area contributed by atoms with Gasteiger partial charge in [0.05, 0.1) is 24.3 Å². The largest absolute Gasteiger partial charge is 0.328 e. The van der Waals surface area contributed by atoms with E-state index < -0.39 is 0 Å². The summed E-state index contributed by atoms with van der Waals surface area (Å²) in [6, 6.07) is 0. The van der Waals surface area contributed by atoms with E-state index in [1.165, 1.54) is 0 Å². The number of nitrogens with zero attached hydrogens (tertiary/aromatic N) is 3. The predicted molar refractivity (Wildman–Crippen MR) is 70.0 cm³/mol. The van der Waals surface area contributed by atoms with E-state index in [1.807, 2.05) is 17.9 Å². The molecule has 0 bridgehead atoms. The Morgan fingerprint density at radius 1 is 1.35 bits per heavy atom. The standard InChI is InChI=1S/C12H18N4S/c1-12(2,3)15-6-11-13-4-5-16(11)7-10-8-17-9-14-10/h4-5,8-9,15H,6-7H2,1-3H3. The summed E-state index contributed by atoms with van der Waals surface area (Å²) in [6.45, 7) is 8.04. The molecule has 0 aliphatic heterocycles. The van der Waals surface area contributed by atoms with E-state index in [2.05, 4.69) is 46.0 Å². The molecule has 2 rings (SSSR count). The molecule has 2 aromatic rings. The fourth-order valence-electron chi connectivity index (χ4n) is 1.49. The van der Waals surface area contributed by atoms with E-state index in [9.17, 15) is 0 Å². The maximum atomic E-state index is 4.38. The van der Waals surface area contributed by atoms with Crippen LogP contribution in [0.5, 0.6) is 0 Å². The van der Waals surface area contributed by atoms with E-state index >= 15 is 0 Å². The molecule has 0 aliphatic rings. The van der Waals surface area contributed by atoms with Crippen LogP contribution in [0.1, 0.15) is 32.3 Å². The molecule has 92 valence electrons. The van der Waals surface area contributed by atoms with Gasteiger partial charge in [0.25, 0.3) is 0 Å². The molecule has 4 nitrogen and oxygen atoms in total. The summed E-state index contributed by atoms with van der Waals surface area (Å²) in [7, 11) is 0. The molecule has 17 heavy (non-hydrogen) atoms. The van der Waals surface area contributed by atoms with Crippen molar-refractivity contribution in [3.63, 3.8) is 0 Å². The lowest BCUT2D eigenvalue weighted by Gasteiger charge is -2.20. The van der Waals surface area contributed by atoms with Crippen molar-refractivity contribution >= 4 is 11.3 Å². The van der Waals surface area contributed by atoms with Gasteiger partial charge in [0.15, 0.2) is 0 Å². The molecule has 0 saturated heterocycles. The molecular formula is C12H18N4S. The van der Waals surface area contributed by atoms with Crippen molar-refractivity contribution in [3.8, 4) is 0 Å². The number of hydrogen-bond donors (Lipinski definition) is 1. The molecule has 0 radical (unpaired) electrons. The first-order valence-corrected chi connectivity index (χ1v) is 6.61. The number of hydrogen-bond acceptors (Lipinski definition) is 4. The van der Waals surface area contributed by atoms with Crippen LogP contribution < -0.4 is 5.32 Å². The van der Waals surface area contributed by atoms with Gasteiger partial charge in [-0.05, 0) is 20.8 Å². The average molecular weight is 250 g/mol. The molecule has 0 spiro atoms. The van der Waals surface area contributed by atoms with Gasteiger partial charge in [-0.3, -0.25) is 0 Å². The van der Waals surface area contributed by atoms with Gasteiger partial charge >= 0.3 is 0 Å². The maximum absolute atomic E-state index is 4.38. The molecule has 0 saturated carbocycles. The van der Waals surface area contributed by atoms with E-state index in [4.69, 9.17) is 0 Å². The molecule has 0 unspecified atom stereocenters. The van der Waals surface area contributed by atoms with Crippen LogP contribution in [0.4, 0.5) is 0 Å². The summed E-state index contributed by atoms with van der Waals surface area (Å²) in [5.41, 5.74) is 3.06. The highest BCUT2D eigenvalue weighted by Crippen LogP contribution is 2.07. The Hall–Kier alpha value is -1.20. The Morgan fingerprint density at radius 2 is 2.18 bits per heavy atom. The van der Waals surface area contributed by atoms with Crippen LogP contribution in [-0.4, -0.2) is 20.1 Å². The van der Waals surface area contributed by atoms with E-state index in [1.54, 1.807) is 11.3 Å². The first-order chi connectivity index (χ1) is 8.04. The number of nitrogens with one attached hydrogen (secondary N) is 1. The monoisotopic (exact) mass is 250 g/mol. The summed E-state index contributed by atoms with van der Waals surface area (Å²) in [5.74, 6) is 1.05. The zero-order valence-corrected chi connectivity index (χ0v) is 11.3. The second kappa shape index (κ2) is 4.98. The van der Waals surface area contributed by atoms with Crippen molar-refractivity contribution in [2.24, 2.45) is 0 Å². The SMILES string of the molecule is CC(C)(C)NCc1nccn1Cc1cscn1. The molecule has 0 fully saturated rings. The average Bonchev–Trinajstić information content (AvgIpc) is 2.86. The normalized spacial score (nSPS) is 11.9. The van der Waals surface area contributed by atoms with Crippen LogP contribution in [0.25, 0.3) is 0 Å². The topological polar surface area (TPSA) is 42.7 Å². The first kappa shape index (κ1) is 12.3. The van der Waals surface area contributed by atoms with Crippen LogP contribution in [0, 0.1) is 0 Å². The molecule has 0 aliphatic carbocycles. The van der Waals surface area contributed by atoms with Crippen molar-refractivity contribution < 1.29 is 0 Å².